The molecule has 1 nitrogen and oxygen atoms in total. The molecule has 2 saturated carbocycles. The minimum atomic E-state index is 0.192. The van der Waals surface area contributed by atoms with Gasteiger partial charge in [0.2, 0.25) is 0 Å². The lowest BCUT2D eigenvalue weighted by molar-refractivity contribution is 0.0230. The Labute approximate surface area is 138 Å². The second-order valence-corrected chi connectivity index (χ2v) is 9.37. The number of nitrogens with one attached hydrogen (secondary N) is 1. The van der Waals surface area contributed by atoms with E-state index in [0.717, 1.165) is 6.54 Å². The molecule has 21 heavy (non-hydrogen) atoms. The SMILES string of the molecule is CC(C)(C)NCC1(c2cccc(Br)c2)CC2(CCCC2)C1. The second-order valence-electron chi connectivity index (χ2n) is 8.45. The molecule has 0 bridgehead atoms. The summed E-state index contributed by atoms with van der Waals surface area (Å²) in [6.45, 7) is 7.91. The van der Waals surface area contributed by atoms with Gasteiger partial charge in [-0.05, 0) is 69.6 Å². The van der Waals surface area contributed by atoms with Crippen LogP contribution in [0.15, 0.2) is 28.7 Å². The van der Waals surface area contributed by atoms with Crippen LogP contribution in [0, 0.1) is 5.41 Å². The van der Waals surface area contributed by atoms with Crippen LogP contribution in [0.5, 0.6) is 0 Å². The summed E-state index contributed by atoms with van der Waals surface area (Å²) < 4.78 is 1.21. The van der Waals surface area contributed by atoms with Crippen molar-refractivity contribution in [1.29, 1.82) is 0 Å². The molecule has 1 aromatic carbocycles. The van der Waals surface area contributed by atoms with Crippen molar-refractivity contribution < 1.29 is 0 Å². The van der Waals surface area contributed by atoms with Gasteiger partial charge in [0.25, 0.3) is 0 Å². The van der Waals surface area contributed by atoms with E-state index in [4.69, 9.17) is 0 Å². The Bertz CT molecular complexity index is 501. The first kappa shape index (κ1) is 15.6. The monoisotopic (exact) mass is 349 g/mol. The molecule has 3 rings (SSSR count). The van der Waals surface area contributed by atoms with Crippen LogP contribution in [-0.2, 0) is 5.41 Å². The lowest BCUT2D eigenvalue weighted by Crippen LogP contribution is -2.56. The maximum atomic E-state index is 3.77. The number of hydrogen-bond donors (Lipinski definition) is 1. The molecule has 0 heterocycles. The Hall–Kier alpha value is -0.340. The summed E-state index contributed by atoms with van der Waals surface area (Å²) in [4.78, 5) is 0. The highest BCUT2D eigenvalue weighted by Crippen LogP contribution is 2.62. The van der Waals surface area contributed by atoms with Gasteiger partial charge in [0.15, 0.2) is 0 Å². The molecule has 0 aliphatic heterocycles. The van der Waals surface area contributed by atoms with Crippen molar-refractivity contribution in [1.82, 2.24) is 5.32 Å². The molecule has 2 heteroatoms. The van der Waals surface area contributed by atoms with Gasteiger partial charge in [-0.3, -0.25) is 0 Å². The summed E-state index contributed by atoms with van der Waals surface area (Å²) >= 11 is 3.65. The van der Waals surface area contributed by atoms with Crippen LogP contribution in [-0.4, -0.2) is 12.1 Å². The number of hydrogen-bond acceptors (Lipinski definition) is 1. The van der Waals surface area contributed by atoms with Crippen molar-refractivity contribution in [2.24, 2.45) is 5.41 Å². The van der Waals surface area contributed by atoms with Gasteiger partial charge in [0, 0.05) is 22.0 Å². The first-order chi connectivity index (χ1) is 9.83. The molecule has 1 N–H and O–H groups in total. The molecule has 0 unspecified atom stereocenters. The number of halogens is 1. The van der Waals surface area contributed by atoms with Gasteiger partial charge in [-0.1, -0.05) is 40.9 Å². The van der Waals surface area contributed by atoms with Gasteiger partial charge >= 0.3 is 0 Å². The van der Waals surface area contributed by atoms with Crippen molar-refractivity contribution in [3.05, 3.63) is 34.3 Å². The van der Waals surface area contributed by atoms with Crippen LogP contribution in [0.4, 0.5) is 0 Å². The molecule has 0 aromatic heterocycles. The maximum absolute atomic E-state index is 3.77. The van der Waals surface area contributed by atoms with E-state index >= 15 is 0 Å². The van der Waals surface area contributed by atoms with Crippen molar-refractivity contribution in [3.8, 4) is 0 Å². The Morgan fingerprint density at radius 2 is 1.81 bits per heavy atom. The first-order valence-corrected chi connectivity index (χ1v) is 9.13. The lowest BCUT2D eigenvalue weighted by Gasteiger charge is -2.56. The van der Waals surface area contributed by atoms with Crippen molar-refractivity contribution in [2.75, 3.05) is 6.54 Å². The normalized spacial score (nSPS) is 23.2. The van der Waals surface area contributed by atoms with Crippen LogP contribution >= 0.6 is 15.9 Å². The van der Waals surface area contributed by atoms with E-state index in [1.165, 1.54) is 48.6 Å². The lowest BCUT2D eigenvalue weighted by atomic mass is 9.49. The van der Waals surface area contributed by atoms with E-state index < -0.39 is 0 Å². The maximum Gasteiger partial charge on any atom is 0.0178 e. The third-order valence-corrected chi connectivity index (χ3v) is 5.98. The average Bonchev–Trinajstić information content (AvgIpc) is 2.83. The van der Waals surface area contributed by atoms with Gasteiger partial charge in [-0.15, -0.1) is 0 Å². The van der Waals surface area contributed by atoms with Crippen LogP contribution in [0.1, 0.15) is 64.9 Å². The molecule has 0 saturated heterocycles. The zero-order chi connectivity index (χ0) is 15.1. The summed E-state index contributed by atoms with van der Waals surface area (Å²) in [5.41, 5.74) is 2.73. The smallest absolute Gasteiger partial charge is 0.0178 e. The zero-order valence-electron chi connectivity index (χ0n) is 13.6. The van der Waals surface area contributed by atoms with E-state index in [9.17, 15) is 0 Å². The van der Waals surface area contributed by atoms with Gasteiger partial charge in [-0.2, -0.15) is 0 Å². The van der Waals surface area contributed by atoms with Crippen LogP contribution in [0.3, 0.4) is 0 Å². The molecular weight excluding hydrogens is 322 g/mol. The summed E-state index contributed by atoms with van der Waals surface area (Å²) in [6.07, 6.45) is 8.55. The van der Waals surface area contributed by atoms with Crippen molar-refractivity contribution >= 4 is 15.9 Å². The van der Waals surface area contributed by atoms with E-state index in [1.54, 1.807) is 0 Å². The third kappa shape index (κ3) is 3.22. The Morgan fingerprint density at radius 1 is 1.14 bits per heavy atom. The van der Waals surface area contributed by atoms with Gasteiger partial charge < -0.3 is 5.32 Å². The zero-order valence-corrected chi connectivity index (χ0v) is 15.2. The highest BCUT2D eigenvalue weighted by Gasteiger charge is 2.55. The molecule has 1 aromatic rings. The highest BCUT2D eigenvalue weighted by molar-refractivity contribution is 9.10. The fraction of sp³-hybridized carbons (Fsp3) is 0.684. The Kier molecular flexibility index (Phi) is 3.99. The summed E-state index contributed by atoms with van der Waals surface area (Å²) in [5, 5.41) is 3.77. The Balaban J connectivity index is 1.82. The van der Waals surface area contributed by atoms with Crippen molar-refractivity contribution in [2.45, 2.75) is 70.3 Å². The summed E-state index contributed by atoms with van der Waals surface area (Å²) in [6, 6.07) is 9.00. The van der Waals surface area contributed by atoms with Crippen LogP contribution in [0.25, 0.3) is 0 Å². The molecule has 2 aliphatic rings. The second kappa shape index (κ2) is 5.38. The average molecular weight is 350 g/mol. The molecule has 0 amide bonds. The summed E-state index contributed by atoms with van der Waals surface area (Å²) in [7, 11) is 0. The molecular formula is C19H28BrN. The topological polar surface area (TPSA) is 12.0 Å². The van der Waals surface area contributed by atoms with E-state index in [-0.39, 0.29) is 5.54 Å². The number of rotatable bonds is 3. The minimum Gasteiger partial charge on any atom is -0.311 e. The standard InChI is InChI=1S/C19H28BrN/c1-17(2,3)21-14-19(15-7-6-8-16(20)11-15)12-18(13-19)9-4-5-10-18/h6-8,11,21H,4-5,9-10,12-14H2,1-3H3. The van der Waals surface area contributed by atoms with E-state index in [1.807, 2.05) is 0 Å². The van der Waals surface area contributed by atoms with Gasteiger partial charge in [0.05, 0.1) is 0 Å². The molecule has 0 radical (unpaired) electrons. The fourth-order valence-electron chi connectivity index (χ4n) is 4.55. The van der Waals surface area contributed by atoms with Gasteiger partial charge in [-0.25, -0.2) is 0 Å². The van der Waals surface area contributed by atoms with Crippen molar-refractivity contribution in [3.63, 3.8) is 0 Å². The third-order valence-electron chi connectivity index (χ3n) is 5.49. The molecule has 0 atom stereocenters. The quantitative estimate of drug-likeness (QED) is 0.766. The molecule has 116 valence electrons. The Morgan fingerprint density at radius 3 is 2.38 bits per heavy atom. The fourth-order valence-corrected chi connectivity index (χ4v) is 4.95. The first-order valence-electron chi connectivity index (χ1n) is 8.34. The van der Waals surface area contributed by atoms with E-state index in [0.29, 0.717) is 10.8 Å². The summed E-state index contributed by atoms with van der Waals surface area (Å²) in [5.74, 6) is 0. The van der Waals surface area contributed by atoms with Crippen LogP contribution < -0.4 is 5.32 Å². The highest BCUT2D eigenvalue weighted by atomic mass is 79.9. The molecule has 2 aliphatic carbocycles. The van der Waals surface area contributed by atoms with E-state index in [2.05, 4.69) is 66.3 Å². The van der Waals surface area contributed by atoms with Crippen LogP contribution in [0.2, 0.25) is 0 Å². The largest absolute Gasteiger partial charge is 0.311 e. The predicted molar refractivity (Wildman–Crippen MR) is 93.7 cm³/mol. The number of benzene rings is 1. The minimum absolute atomic E-state index is 0.192. The molecule has 2 fully saturated rings. The van der Waals surface area contributed by atoms with Gasteiger partial charge in [0.1, 0.15) is 0 Å². The predicted octanol–water partition coefficient (Wildman–Crippen LogP) is 5.43. The molecule has 1 spiro atoms.